The van der Waals surface area contributed by atoms with Gasteiger partial charge in [-0.25, -0.2) is 4.52 Å². The van der Waals surface area contributed by atoms with Gasteiger partial charge in [0.05, 0.1) is 11.7 Å². The maximum absolute atomic E-state index is 5.75. The van der Waals surface area contributed by atoms with Crippen LogP contribution in [0.2, 0.25) is 0 Å². The molecule has 0 saturated heterocycles. The van der Waals surface area contributed by atoms with Crippen molar-refractivity contribution in [1.29, 1.82) is 0 Å². The van der Waals surface area contributed by atoms with E-state index in [0.717, 1.165) is 0 Å². The van der Waals surface area contributed by atoms with Gasteiger partial charge in [-0.05, 0) is 18.1 Å². The van der Waals surface area contributed by atoms with Crippen LogP contribution in [0.5, 0.6) is 0 Å². The van der Waals surface area contributed by atoms with E-state index in [1.165, 1.54) is 18.5 Å². The number of aromatic nitrogens is 2. The summed E-state index contributed by atoms with van der Waals surface area (Å²) in [4.78, 5) is 0. The highest BCUT2D eigenvalue weighted by atomic mass is 15.2. The van der Waals surface area contributed by atoms with E-state index in [2.05, 4.69) is 25.0 Å². The summed E-state index contributed by atoms with van der Waals surface area (Å²) < 4.78 is 7.66. The molecule has 0 unspecified atom stereocenters. The average Bonchev–Trinajstić information content (AvgIpc) is 2.64. The van der Waals surface area contributed by atoms with Crippen LogP contribution in [0.25, 0.3) is 5.52 Å². The molecule has 0 saturated carbocycles. The van der Waals surface area contributed by atoms with E-state index in [1.54, 1.807) is 0 Å². The summed E-state index contributed by atoms with van der Waals surface area (Å²) >= 11 is 0. The first-order valence-corrected chi connectivity index (χ1v) is 4.21. The second-order valence-corrected chi connectivity index (χ2v) is 3.29. The molecule has 0 N–H and O–H groups in total. The van der Waals surface area contributed by atoms with Crippen LogP contribution in [0.3, 0.4) is 0 Å². The highest BCUT2D eigenvalue weighted by Gasteiger charge is 2.05. The van der Waals surface area contributed by atoms with Gasteiger partial charge in [-0.1, -0.05) is 27.3 Å². The summed E-state index contributed by atoms with van der Waals surface area (Å²) in [7, 11) is 1.25. The maximum Gasteiger partial charge on any atom is 0.0696 e. The fourth-order valence-corrected chi connectivity index (χ4v) is 1.40. The molecular weight excluding hydrogens is 160 g/mol. The lowest BCUT2D eigenvalue weighted by atomic mass is 10.1. The summed E-state index contributed by atoms with van der Waals surface area (Å²) in [5, 5.41) is 4.26. The average molecular weight is 178 g/mol. The predicted molar refractivity (Wildman–Crippen MR) is 56.0 cm³/mol. The second-order valence-electron chi connectivity index (χ2n) is 3.29. The van der Waals surface area contributed by atoms with Crippen LogP contribution in [0.4, 0.5) is 0 Å². The molecule has 0 spiro atoms. The Morgan fingerprint density at radius 3 is 2.92 bits per heavy atom. The van der Waals surface area contributed by atoms with E-state index in [9.17, 15) is 0 Å². The molecule has 13 heavy (non-hydrogen) atoms. The zero-order chi connectivity index (χ0) is 10.6. The molecule has 2 heterocycles. The minimum atomic E-state index is 0.546. The van der Waals surface area contributed by atoms with Crippen LogP contribution in [-0.2, 0) is 0 Å². The summed E-state index contributed by atoms with van der Waals surface area (Å²) in [5.41, 5.74) is 2.53. The first-order valence-electron chi connectivity index (χ1n) is 5.21. The smallest absolute Gasteiger partial charge is 0.0696 e. The third-order valence-electron chi connectivity index (χ3n) is 2.08. The molecule has 0 aromatic carbocycles. The number of hydrogen-bond donors (Lipinski definition) is 0. The normalized spacial score (nSPS) is 10.9. The van der Waals surface area contributed by atoms with Crippen molar-refractivity contribution in [3.05, 3.63) is 36.2 Å². The maximum atomic E-state index is 5.75. The Labute approximate surface area is 80.6 Å². The van der Waals surface area contributed by atoms with Gasteiger partial charge >= 0.3 is 0 Å². The SMILES string of the molecule is CC(C)c1cnn2ccccc12.[3H]C. The largest absolute Gasteiger partial charge is 0.241 e. The van der Waals surface area contributed by atoms with Gasteiger partial charge in [-0.2, -0.15) is 5.10 Å². The van der Waals surface area contributed by atoms with Crippen molar-refractivity contribution in [2.45, 2.75) is 27.2 Å². The van der Waals surface area contributed by atoms with Crippen molar-refractivity contribution in [3.8, 4) is 0 Å². The number of pyridine rings is 1. The number of fused-ring (bicyclic) bond motifs is 1. The van der Waals surface area contributed by atoms with Crippen LogP contribution in [0.1, 0.15) is 34.1 Å². The van der Waals surface area contributed by atoms with Crippen molar-refractivity contribution in [2.24, 2.45) is 0 Å². The minimum Gasteiger partial charge on any atom is -0.241 e. The lowest BCUT2D eigenvalue weighted by molar-refractivity contribution is 0.875. The molecular formula is C11H16N2. The Hall–Kier alpha value is -1.31. The molecule has 0 aliphatic rings. The van der Waals surface area contributed by atoms with E-state index in [0.29, 0.717) is 5.92 Å². The summed E-state index contributed by atoms with van der Waals surface area (Å²) in [6.45, 7) is 4.37. The lowest BCUT2D eigenvalue weighted by Gasteiger charge is -2.00. The van der Waals surface area contributed by atoms with Gasteiger partial charge in [-0.15, -0.1) is 0 Å². The summed E-state index contributed by atoms with van der Waals surface area (Å²) in [5.74, 6) is 0.546. The van der Waals surface area contributed by atoms with Gasteiger partial charge in [0.1, 0.15) is 0 Å². The Bertz CT molecular complexity index is 393. The third kappa shape index (κ3) is 1.57. The van der Waals surface area contributed by atoms with Crippen LogP contribution < -0.4 is 0 Å². The fourth-order valence-electron chi connectivity index (χ4n) is 1.40. The predicted octanol–water partition coefficient (Wildman–Crippen LogP) is 3.09. The molecule has 0 aliphatic carbocycles. The molecule has 0 bridgehead atoms. The first-order chi connectivity index (χ1) is 6.79. The van der Waals surface area contributed by atoms with E-state index in [1.807, 2.05) is 29.0 Å². The molecule has 2 heteroatoms. The Kier molecular flexibility index (Phi) is 2.30. The van der Waals surface area contributed by atoms with E-state index >= 15 is 0 Å². The molecule has 2 aromatic rings. The van der Waals surface area contributed by atoms with Crippen molar-refractivity contribution in [2.75, 3.05) is 0 Å². The van der Waals surface area contributed by atoms with Crippen LogP contribution >= 0.6 is 0 Å². The van der Waals surface area contributed by atoms with Crippen LogP contribution in [-0.4, -0.2) is 9.61 Å². The summed E-state index contributed by atoms with van der Waals surface area (Å²) in [6.07, 6.45) is 3.92. The van der Waals surface area contributed by atoms with Gasteiger partial charge in [-0.3, -0.25) is 0 Å². The van der Waals surface area contributed by atoms with Gasteiger partial charge in [0.15, 0.2) is 0 Å². The van der Waals surface area contributed by atoms with Crippen molar-refractivity contribution in [3.63, 3.8) is 0 Å². The van der Waals surface area contributed by atoms with Crippen molar-refractivity contribution >= 4 is 5.52 Å². The Morgan fingerprint density at radius 2 is 2.23 bits per heavy atom. The number of nitrogens with zero attached hydrogens (tertiary/aromatic N) is 2. The van der Waals surface area contributed by atoms with Gasteiger partial charge in [0.2, 0.25) is 0 Å². The second kappa shape index (κ2) is 3.60. The van der Waals surface area contributed by atoms with Gasteiger partial charge < -0.3 is 0 Å². The van der Waals surface area contributed by atoms with Crippen molar-refractivity contribution < 1.29 is 1.37 Å². The Morgan fingerprint density at radius 1 is 1.46 bits per heavy atom. The third-order valence-corrected chi connectivity index (χ3v) is 2.08. The molecule has 0 amide bonds. The molecule has 0 fully saturated rings. The highest BCUT2D eigenvalue weighted by molar-refractivity contribution is 5.54. The molecule has 2 rings (SSSR count). The van der Waals surface area contributed by atoms with Gasteiger partial charge in [0, 0.05) is 13.1 Å². The number of hydrogen-bond acceptors (Lipinski definition) is 1. The van der Waals surface area contributed by atoms with Crippen molar-refractivity contribution in [1.82, 2.24) is 9.61 Å². The van der Waals surface area contributed by atoms with E-state index in [-0.39, 0.29) is 0 Å². The van der Waals surface area contributed by atoms with E-state index in [4.69, 9.17) is 1.37 Å². The molecule has 70 valence electrons. The van der Waals surface area contributed by atoms with Crippen LogP contribution in [0.15, 0.2) is 30.6 Å². The molecule has 2 aromatic heterocycles. The van der Waals surface area contributed by atoms with Gasteiger partial charge in [0.25, 0.3) is 0 Å². The van der Waals surface area contributed by atoms with Crippen LogP contribution in [0, 0.1) is 0 Å². The summed E-state index contributed by atoms with van der Waals surface area (Å²) in [6, 6.07) is 6.13. The quantitative estimate of drug-likeness (QED) is 0.656. The molecule has 0 aliphatic heterocycles. The number of rotatable bonds is 1. The Balaban J connectivity index is 0.000000461. The molecule has 0 radical (unpaired) electrons. The topological polar surface area (TPSA) is 17.3 Å². The molecule has 2 nitrogen and oxygen atoms in total. The first kappa shape index (κ1) is 8.30. The van der Waals surface area contributed by atoms with E-state index < -0.39 is 0 Å². The fraction of sp³-hybridized carbons (Fsp3) is 0.364. The molecule has 0 atom stereocenters. The lowest BCUT2D eigenvalue weighted by Crippen LogP contribution is -1.87. The zero-order valence-electron chi connectivity index (χ0n) is 9.36. The standard InChI is InChI=1S/C10H12N2.CH4/c1-8(2)9-7-11-12-6-4-3-5-10(9)12;/h3-8H,1-2H3;1H4/i;1T. The highest BCUT2D eigenvalue weighted by Crippen LogP contribution is 2.19. The zero-order valence-corrected chi connectivity index (χ0v) is 8.36. The monoisotopic (exact) mass is 178 g/mol. The minimum absolute atomic E-state index is 0.546.